The number of nitrogens with one attached hydrogen (secondary N) is 1. The second-order valence-corrected chi connectivity index (χ2v) is 4.71. The smallest absolute Gasteiger partial charge is 0.231 e. The summed E-state index contributed by atoms with van der Waals surface area (Å²) in [6.45, 7) is 5.16. The predicted molar refractivity (Wildman–Crippen MR) is 80.1 cm³/mol. The monoisotopic (exact) mass is 278 g/mol. The Bertz CT molecular complexity index is 488. The minimum atomic E-state index is -0.387. The number of carbonyl (C=O) groups is 2. The molecule has 0 heterocycles. The Morgan fingerprint density at radius 1 is 1.35 bits per heavy atom. The molecular weight excluding hydrogens is 256 g/mol. The third-order valence-corrected chi connectivity index (χ3v) is 3.01. The largest absolute Gasteiger partial charge is 0.399 e. The van der Waals surface area contributed by atoms with Crippen LogP contribution in [0.2, 0.25) is 0 Å². The van der Waals surface area contributed by atoms with Crippen molar-refractivity contribution < 1.29 is 9.59 Å². The Kier molecular flexibility index (Phi) is 5.99. The van der Waals surface area contributed by atoms with Crippen LogP contribution in [0.3, 0.4) is 0 Å². The lowest BCUT2D eigenvalue weighted by Crippen LogP contribution is -2.35. The molecule has 1 aromatic carbocycles. The Labute approximate surface area is 119 Å². The highest BCUT2D eigenvalue weighted by atomic mass is 16.2. The quantitative estimate of drug-likeness (QED) is 0.639. The maximum atomic E-state index is 11.9. The van der Waals surface area contributed by atoms with Crippen LogP contribution >= 0.6 is 0 Å². The fourth-order valence-corrected chi connectivity index (χ4v) is 1.87. The maximum Gasteiger partial charge on any atom is 0.231 e. The molecule has 1 aromatic rings. The first kappa shape index (κ1) is 16.0. The van der Waals surface area contributed by atoms with E-state index in [9.17, 15) is 9.59 Å². The van der Waals surface area contributed by atoms with E-state index in [2.05, 4.69) is 5.32 Å². The van der Waals surface area contributed by atoms with Crippen LogP contribution in [-0.4, -0.2) is 36.3 Å². The summed E-state index contributed by atoms with van der Waals surface area (Å²) in [5.41, 5.74) is 13.1. The van der Waals surface area contributed by atoms with E-state index in [4.69, 9.17) is 11.5 Å². The number of amides is 2. The molecule has 1 rings (SSSR count). The molecule has 0 atom stereocenters. The van der Waals surface area contributed by atoms with E-state index in [1.54, 1.807) is 18.2 Å². The topological polar surface area (TPSA) is 101 Å². The second kappa shape index (κ2) is 7.49. The van der Waals surface area contributed by atoms with Gasteiger partial charge in [0.2, 0.25) is 11.8 Å². The summed E-state index contributed by atoms with van der Waals surface area (Å²) in [6.07, 6.45) is 0.310. The van der Waals surface area contributed by atoms with Crippen LogP contribution in [0.5, 0.6) is 0 Å². The van der Waals surface area contributed by atoms with E-state index >= 15 is 0 Å². The van der Waals surface area contributed by atoms with Gasteiger partial charge in [0.25, 0.3) is 0 Å². The normalized spacial score (nSPS) is 10.6. The summed E-state index contributed by atoms with van der Waals surface area (Å²) in [5.74, 6) is -0.484. The number of anilines is 2. The zero-order valence-electron chi connectivity index (χ0n) is 12.0. The fraction of sp³-hybridized carbons (Fsp3) is 0.429. The molecule has 0 saturated carbocycles. The number of nitrogens with two attached hydrogens (primary N) is 2. The summed E-state index contributed by atoms with van der Waals surface area (Å²) in [4.78, 5) is 24.6. The number of benzene rings is 1. The first-order valence-electron chi connectivity index (χ1n) is 6.59. The molecule has 6 nitrogen and oxygen atoms in total. The molecular formula is C14H22N4O2. The second-order valence-electron chi connectivity index (χ2n) is 4.71. The number of hydrogen-bond acceptors (Lipinski definition) is 4. The highest BCUT2D eigenvalue weighted by Crippen LogP contribution is 2.17. The Hall–Kier alpha value is -2.08. The number of hydrogen-bond donors (Lipinski definition) is 3. The molecule has 0 fully saturated rings. The lowest BCUT2D eigenvalue weighted by atomic mass is 10.2. The summed E-state index contributed by atoms with van der Waals surface area (Å²) >= 11 is 0. The van der Waals surface area contributed by atoms with Gasteiger partial charge in [-0.3, -0.25) is 14.5 Å². The molecule has 2 amide bonds. The molecule has 0 radical (unpaired) electrons. The van der Waals surface area contributed by atoms with Crippen LogP contribution in [0.15, 0.2) is 18.2 Å². The zero-order valence-corrected chi connectivity index (χ0v) is 12.0. The number of primary amides is 1. The van der Waals surface area contributed by atoms with Crippen molar-refractivity contribution in [3.63, 3.8) is 0 Å². The molecule has 20 heavy (non-hydrogen) atoms. The van der Waals surface area contributed by atoms with E-state index in [0.29, 0.717) is 25.2 Å². The summed E-state index contributed by atoms with van der Waals surface area (Å²) in [6, 6.07) is 5.33. The minimum absolute atomic E-state index is 0.0965. The van der Waals surface area contributed by atoms with Crippen molar-refractivity contribution in [3.8, 4) is 0 Å². The third kappa shape index (κ3) is 5.27. The molecule has 0 saturated heterocycles. The number of nitrogens with zero attached hydrogens (tertiary/aromatic N) is 1. The van der Waals surface area contributed by atoms with Crippen LogP contribution in [0.4, 0.5) is 11.4 Å². The highest BCUT2D eigenvalue weighted by molar-refractivity contribution is 5.91. The van der Waals surface area contributed by atoms with Gasteiger partial charge < -0.3 is 16.8 Å². The van der Waals surface area contributed by atoms with Gasteiger partial charge in [-0.2, -0.15) is 0 Å². The van der Waals surface area contributed by atoms with Gasteiger partial charge in [-0.1, -0.05) is 6.92 Å². The number of rotatable bonds is 7. The molecule has 0 aliphatic carbocycles. The lowest BCUT2D eigenvalue weighted by molar-refractivity contribution is -0.120. The average Bonchev–Trinajstić information content (AvgIpc) is 2.37. The van der Waals surface area contributed by atoms with Crippen LogP contribution in [0, 0.1) is 6.92 Å². The summed E-state index contributed by atoms with van der Waals surface area (Å²) in [7, 11) is 0. The highest BCUT2D eigenvalue weighted by Gasteiger charge is 2.10. The van der Waals surface area contributed by atoms with Gasteiger partial charge in [0, 0.05) is 24.3 Å². The van der Waals surface area contributed by atoms with Crippen LogP contribution in [0.25, 0.3) is 0 Å². The summed E-state index contributed by atoms with van der Waals surface area (Å²) < 4.78 is 0. The molecule has 0 aliphatic heterocycles. The fourth-order valence-electron chi connectivity index (χ4n) is 1.87. The molecule has 0 bridgehead atoms. The molecule has 5 N–H and O–H groups in total. The maximum absolute atomic E-state index is 11.9. The molecule has 110 valence electrons. The van der Waals surface area contributed by atoms with Crippen LogP contribution < -0.4 is 16.8 Å². The van der Waals surface area contributed by atoms with Crippen molar-refractivity contribution in [1.82, 2.24) is 4.90 Å². The van der Waals surface area contributed by atoms with Crippen molar-refractivity contribution >= 4 is 23.2 Å². The number of aryl methyl sites for hydroxylation is 1. The Morgan fingerprint density at radius 3 is 2.60 bits per heavy atom. The van der Waals surface area contributed by atoms with Crippen molar-refractivity contribution in [2.24, 2.45) is 5.73 Å². The van der Waals surface area contributed by atoms with E-state index in [1.807, 2.05) is 18.7 Å². The zero-order chi connectivity index (χ0) is 15.1. The minimum Gasteiger partial charge on any atom is -0.399 e. The SMILES string of the molecule is CCN(CCC(=O)Nc1ccc(N)cc1C)CC(N)=O. The first-order chi connectivity index (χ1) is 9.42. The van der Waals surface area contributed by atoms with E-state index in [0.717, 1.165) is 11.3 Å². The van der Waals surface area contributed by atoms with Crippen molar-refractivity contribution in [1.29, 1.82) is 0 Å². The van der Waals surface area contributed by atoms with Crippen molar-refractivity contribution in [2.45, 2.75) is 20.3 Å². The van der Waals surface area contributed by atoms with Gasteiger partial charge in [-0.15, -0.1) is 0 Å². The van der Waals surface area contributed by atoms with Gasteiger partial charge >= 0.3 is 0 Å². The van der Waals surface area contributed by atoms with Gasteiger partial charge in [-0.25, -0.2) is 0 Å². The van der Waals surface area contributed by atoms with Crippen molar-refractivity contribution in [2.75, 3.05) is 30.7 Å². The van der Waals surface area contributed by atoms with Crippen LogP contribution in [0.1, 0.15) is 18.9 Å². The Morgan fingerprint density at radius 2 is 2.05 bits per heavy atom. The summed E-state index contributed by atoms with van der Waals surface area (Å²) in [5, 5.41) is 2.83. The van der Waals surface area contributed by atoms with Gasteiger partial charge in [0.15, 0.2) is 0 Å². The molecule has 0 aromatic heterocycles. The molecule has 0 unspecified atom stereocenters. The first-order valence-corrected chi connectivity index (χ1v) is 6.59. The standard InChI is InChI=1S/C14H22N4O2/c1-3-18(9-13(16)19)7-6-14(20)17-12-5-4-11(15)8-10(12)2/h4-5,8H,3,6-7,9,15H2,1-2H3,(H2,16,19)(H,17,20). The van der Waals surface area contributed by atoms with Crippen molar-refractivity contribution in [3.05, 3.63) is 23.8 Å². The van der Waals surface area contributed by atoms with E-state index in [-0.39, 0.29) is 18.4 Å². The van der Waals surface area contributed by atoms with E-state index in [1.165, 1.54) is 0 Å². The molecule has 0 spiro atoms. The Balaban J connectivity index is 2.49. The number of likely N-dealkylation sites (N-methyl/N-ethyl adjacent to an activating group) is 1. The van der Waals surface area contributed by atoms with Gasteiger partial charge in [0.1, 0.15) is 0 Å². The van der Waals surface area contributed by atoms with Gasteiger partial charge in [-0.05, 0) is 37.2 Å². The van der Waals surface area contributed by atoms with Crippen LogP contribution in [-0.2, 0) is 9.59 Å². The van der Waals surface area contributed by atoms with Gasteiger partial charge in [0.05, 0.1) is 6.54 Å². The average molecular weight is 278 g/mol. The lowest BCUT2D eigenvalue weighted by Gasteiger charge is -2.18. The molecule has 0 aliphatic rings. The third-order valence-electron chi connectivity index (χ3n) is 3.01. The number of carbonyl (C=O) groups excluding carboxylic acids is 2. The van der Waals surface area contributed by atoms with E-state index < -0.39 is 0 Å². The number of nitrogen functional groups attached to an aromatic ring is 1. The molecule has 6 heteroatoms. The predicted octanol–water partition coefficient (Wildman–Crippen LogP) is 0.713.